The molecule has 0 aliphatic carbocycles. The molecule has 2 N–H and O–H groups in total. The van der Waals surface area contributed by atoms with Crippen LogP contribution >= 0.6 is 0 Å². The number of aliphatic hydroxyl groups excluding tert-OH is 1. The summed E-state index contributed by atoms with van der Waals surface area (Å²) in [6.45, 7) is 2.08. The smallest absolute Gasteiger partial charge is 0.332 e. The van der Waals surface area contributed by atoms with Gasteiger partial charge in [-0.2, -0.15) is 0 Å². The van der Waals surface area contributed by atoms with Gasteiger partial charge in [0, 0.05) is 0 Å². The van der Waals surface area contributed by atoms with E-state index in [1.807, 2.05) is 0 Å². The summed E-state index contributed by atoms with van der Waals surface area (Å²) in [6.07, 6.45) is 0.570. The maximum atomic E-state index is 10.8. The predicted octanol–water partition coefficient (Wildman–Crippen LogP) is 0.0986. The molecule has 0 spiro atoms. The minimum atomic E-state index is -1.23. The molecule has 0 radical (unpaired) electrons. The highest BCUT2D eigenvalue weighted by Crippen LogP contribution is 2.01. The normalized spacial score (nSPS) is 18.6. The summed E-state index contributed by atoms with van der Waals surface area (Å²) >= 11 is 0. The van der Waals surface area contributed by atoms with Crippen molar-refractivity contribution in [3.05, 3.63) is 0 Å². The molecule has 7 heteroatoms. The fourth-order valence-corrected chi connectivity index (χ4v) is 0.925. The summed E-state index contributed by atoms with van der Waals surface area (Å²) in [7, 11) is 0. The van der Waals surface area contributed by atoms with Gasteiger partial charge >= 0.3 is 17.9 Å². The molecule has 0 aromatic heterocycles. The van der Waals surface area contributed by atoms with Crippen LogP contribution in [-0.4, -0.2) is 47.4 Å². The number of esters is 2. The second-order valence-corrected chi connectivity index (χ2v) is 3.66. The highest BCUT2D eigenvalue weighted by atomic mass is 16.5. The largest absolute Gasteiger partial charge is 0.479 e. The number of carboxylic acid groups (broad SMARTS) is 1. The quantitative estimate of drug-likeness (QED) is 0.645. The zero-order valence-electron chi connectivity index (χ0n) is 10.3. The summed E-state index contributed by atoms with van der Waals surface area (Å²) < 4.78 is 9.64. The van der Waals surface area contributed by atoms with E-state index in [1.165, 1.54) is 6.92 Å². The Morgan fingerprint density at radius 2 is 1.44 bits per heavy atom. The van der Waals surface area contributed by atoms with Crippen LogP contribution in [0.25, 0.3) is 0 Å². The Bertz CT molecular complexity index is 265. The molecule has 1 aliphatic rings. The van der Waals surface area contributed by atoms with E-state index in [2.05, 4.69) is 0 Å². The van der Waals surface area contributed by atoms with Gasteiger partial charge in [0.05, 0.1) is 26.1 Å². The SMILES string of the molecule is CC(O)C(=O)O.O=C1CCC(=O)OCCCCO1. The second kappa shape index (κ2) is 9.41. The van der Waals surface area contributed by atoms with Crippen molar-refractivity contribution in [2.24, 2.45) is 0 Å². The Balaban J connectivity index is 0.000000411. The van der Waals surface area contributed by atoms with Gasteiger partial charge < -0.3 is 19.7 Å². The molecule has 1 fully saturated rings. The Hall–Kier alpha value is -1.63. The second-order valence-electron chi connectivity index (χ2n) is 3.66. The molecule has 104 valence electrons. The average molecular weight is 262 g/mol. The van der Waals surface area contributed by atoms with E-state index in [-0.39, 0.29) is 24.8 Å². The summed E-state index contributed by atoms with van der Waals surface area (Å²) in [6, 6.07) is 0. The molecular formula is C11H18O7. The molecule has 0 bridgehead atoms. The molecule has 1 rings (SSSR count). The molecule has 0 saturated carbocycles. The molecule has 0 aromatic rings. The van der Waals surface area contributed by atoms with Gasteiger partial charge in [0.1, 0.15) is 6.10 Å². The highest BCUT2D eigenvalue weighted by Gasteiger charge is 2.10. The van der Waals surface area contributed by atoms with Crippen LogP contribution in [0.15, 0.2) is 0 Å². The third-order valence-corrected chi connectivity index (χ3v) is 1.96. The molecule has 18 heavy (non-hydrogen) atoms. The van der Waals surface area contributed by atoms with Gasteiger partial charge in [0.25, 0.3) is 0 Å². The number of aliphatic carboxylic acids is 1. The molecule has 1 saturated heterocycles. The Morgan fingerprint density at radius 1 is 1.11 bits per heavy atom. The minimum absolute atomic E-state index is 0.138. The van der Waals surface area contributed by atoms with E-state index in [4.69, 9.17) is 19.7 Å². The molecule has 1 aliphatic heterocycles. The number of carbonyl (C=O) groups excluding carboxylic acids is 2. The molecule has 1 heterocycles. The lowest BCUT2D eigenvalue weighted by molar-refractivity contribution is -0.152. The fourth-order valence-electron chi connectivity index (χ4n) is 0.925. The Kier molecular flexibility index (Phi) is 8.55. The molecule has 1 unspecified atom stereocenters. The average Bonchev–Trinajstić information content (AvgIpc) is 2.31. The Labute approximate surface area is 105 Å². The topological polar surface area (TPSA) is 110 Å². The first-order valence-corrected chi connectivity index (χ1v) is 5.65. The van der Waals surface area contributed by atoms with Gasteiger partial charge in [0.15, 0.2) is 0 Å². The van der Waals surface area contributed by atoms with E-state index in [0.29, 0.717) is 13.2 Å². The molecule has 1 atom stereocenters. The predicted molar refractivity (Wildman–Crippen MR) is 59.7 cm³/mol. The lowest BCUT2D eigenvalue weighted by Gasteiger charge is -2.08. The summed E-state index contributed by atoms with van der Waals surface area (Å²) in [4.78, 5) is 31.1. The van der Waals surface area contributed by atoms with Gasteiger partial charge in [-0.15, -0.1) is 0 Å². The van der Waals surface area contributed by atoms with Crippen molar-refractivity contribution in [3.63, 3.8) is 0 Å². The number of aliphatic hydroxyl groups is 1. The van der Waals surface area contributed by atoms with Gasteiger partial charge in [-0.05, 0) is 19.8 Å². The number of carbonyl (C=O) groups is 3. The van der Waals surface area contributed by atoms with Crippen LogP contribution in [0, 0.1) is 0 Å². The van der Waals surface area contributed by atoms with E-state index >= 15 is 0 Å². The lowest BCUT2D eigenvalue weighted by Crippen LogP contribution is -2.14. The van der Waals surface area contributed by atoms with Gasteiger partial charge in [-0.3, -0.25) is 9.59 Å². The minimum Gasteiger partial charge on any atom is -0.479 e. The molecular weight excluding hydrogens is 244 g/mol. The molecule has 0 aromatic carbocycles. The van der Waals surface area contributed by atoms with Crippen molar-refractivity contribution < 1.29 is 34.1 Å². The van der Waals surface area contributed by atoms with Crippen molar-refractivity contribution in [1.82, 2.24) is 0 Å². The third-order valence-electron chi connectivity index (χ3n) is 1.96. The number of carboxylic acids is 1. The van der Waals surface area contributed by atoms with Crippen molar-refractivity contribution in [1.29, 1.82) is 0 Å². The van der Waals surface area contributed by atoms with E-state index in [0.717, 1.165) is 12.8 Å². The van der Waals surface area contributed by atoms with Crippen LogP contribution in [0.4, 0.5) is 0 Å². The van der Waals surface area contributed by atoms with Crippen LogP contribution in [-0.2, 0) is 23.9 Å². The summed E-state index contributed by atoms with van der Waals surface area (Å²) in [5.41, 5.74) is 0. The monoisotopic (exact) mass is 262 g/mol. The van der Waals surface area contributed by atoms with Crippen molar-refractivity contribution in [2.75, 3.05) is 13.2 Å². The Morgan fingerprint density at radius 3 is 1.72 bits per heavy atom. The van der Waals surface area contributed by atoms with Gasteiger partial charge in [0.2, 0.25) is 0 Å². The highest BCUT2D eigenvalue weighted by molar-refractivity contribution is 5.77. The fraction of sp³-hybridized carbons (Fsp3) is 0.727. The molecule has 0 amide bonds. The summed E-state index contributed by atoms with van der Waals surface area (Å²) in [5, 5.41) is 15.8. The zero-order valence-corrected chi connectivity index (χ0v) is 10.3. The van der Waals surface area contributed by atoms with Crippen molar-refractivity contribution in [3.8, 4) is 0 Å². The zero-order chi connectivity index (χ0) is 14.0. The number of hydrogen-bond acceptors (Lipinski definition) is 6. The van der Waals surface area contributed by atoms with E-state index < -0.39 is 12.1 Å². The summed E-state index contributed by atoms with van der Waals surface area (Å²) in [5.74, 6) is -1.81. The van der Waals surface area contributed by atoms with Crippen molar-refractivity contribution >= 4 is 17.9 Å². The van der Waals surface area contributed by atoms with Crippen LogP contribution in [0.3, 0.4) is 0 Å². The van der Waals surface area contributed by atoms with Crippen molar-refractivity contribution in [2.45, 2.75) is 38.7 Å². The van der Waals surface area contributed by atoms with Crippen LogP contribution in [0.1, 0.15) is 32.6 Å². The van der Waals surface area contributed by atoms with Crippen LogP contribution < -0.4 is 0 Å². The number of cyclic esters (lactones) is 2. The van der Waals surface area contributed by atoms with E-state index in [9.17, 15) is 14.4 Å². The first-order chi connectivity index (χ1) is 8.43. The lowest BCUT2D eigenvalue weighted by atomic mass is 10.3. The third kappa shape index (κ3) is 9.59. The van der Waals surface area contributed by atoms with Gasteiger partial charge in [-0.25, -0.2) is 4.79 Å². The van der Waals surface area contributed by atoms with Crippen LogP contribution in [0.5, 0.6) is 0 Å². The maximum Gasteiger partial charge on any atom is 0.332 e. The first kappa shape index (κ1) is 16.4. The first-order valence-electron chi connectivity index (χ1n) is 5.65. The van der Waals surface area contributed by atoms with Gasteiger partial charge in [-0.1, -0.05) is 0 Å². The van der Waals surface area contributed by atoms with Crippen LogP contribution in [0.2, 0.25) is 0 Å². The maximum absolute atomic E-state index is 10.8. The standard InChI is InChI=1S/C8H12O4.C3H6O3/c9-7-3-4-8(10)12-6-2-1-5-11-7;1-2(4)3(5)6/h1-6H2;2,4H,1H3,(H,5,6). The van der Waals surface area contributed by atoms with E-state index in [1.54, 1.807) is 0 Å². The molecule has 7 nitrogen and oxygen atoms in total. The number of ether oxygens (including phenoxy) is 2. The number of rotatable bonds is 1. The number of hydrogen-bond donors (Lipinski definition) is 2.